The predicted octanol–water partition coefficient (Wildman–Crippen LogP) is 3.17. The van der Waals surface area contributed by atoms with E-state index in [0.29, 0.717) is 10.8 Å². The number of carbonyl (C=O) groups is 1. The van der Waals surface area contributed by atoms with Gasteiger partial charge in [-0.15, -0.1) is 10.2 Å². The fraction of sp³-hybridized carbons (Fsp3) is 0.190. The summed E-state index contributed by atoms with van der Waals surface area (Å²) in [4.78, 5) is 12.6. The highest BCUT2D eigenvalue weighted by molar-refractivity contribution is 7.99. The summed E-state index contributed by atoms with van der Waals surface area (Å²) in [7, 11) is -0.559. The molecule has 2 aromatic carbocycles. The molecule has 0 saturated heterocycles. The number of thioether (sulfide) groups is 1. The van der Waals surface area contributed by atoms with E-state index in [-0.39, 0.29) is 16.6 Å². The Morgan fingerprint density at radius 3 is 2.52 bits per heavy atom. The van der Waals surface area contributed by atoms with Gasteiger partial charge in [0.1, 0.15) is 0 Å². The topological polar surface area (TPSA) is 96.7 Å². The molecule has 0 unspecified atom stereocenters. The number of carbonyl (C=O) groups excluding carboxylic acids is 1. The van der Waals surface area contributed by atoms with Crippen molar-refractivity contribution in [3.63, 3.8) is 0 Å². The summed E-state index contributed by atoms with van der Waals surface area (Å²) in [5, 5.41) is 13.0. The van der Waals surface area contributed by atoms with Crippen LogP contribution in [0.1, 0.15) is 5.56 Å². The van der Waals surface area contributed by atoms with Gasteiger partial charge in [0.05, 0.1) is 16.2 Å². The van der Waals surface area contributed by atoms with Crippen molar-refractivity contribution in [3.8, 4) is 0 Å². The van der Waals surface area contributed by atoms with E-state index < -0.39 is 10.0 Å². The summed E-state index contributed by atoms with van der Waals surface area (Å²) in [6.45, 7) is 1.98. The Morgan fingerprint density at radius 1 is 1.10 bits per heavy atom. The minimum absolute atomic E-state index is 0.140. The van der Waals surface area contributed by atoms with Crippen LogP contribution in [0.3, 0.4) is 0 Å². The molecule has 4 rings (SSSR count). The maximum atomic E-state index is 12.4. The molecule has 0 fully saturated rings. The molecule has 160 valence electrons. The Hall–Kier alpha value is -2.95. The van der Waals surface area contributed by atoms with E-state index in [2.05, 4.69) is 21.6 Å². The Labute approximate surface area is 184 Å². The number of nitrogens with one attached hydrogen (secondary N) is 1. The van der Waals surface area contributed by atoms with Crippen LogP contribution >= 0.6 is 11.8 Å². The molecule has 0 aliphatic carbocycles. The third kappa shape index (κ3) is 4.14. The molecule has 2 aromatic heterocycles. The van der Waals surface area contributed by atoms with Crippen molar-refractivity contribution in [3.05, 3.63) is 60.2 Å². The van der Waals surface area contributed by atoms with Crippen LogP contribution in [-0.4, -0.2) is 53.1 Å². The molecule has 31 heavy (non-hydrogen) atoms. The van der Waals surface area contributed by atoms with Crippen LogP contribution in [0.25, 0.3) is 16.6 Å². The van der Waals surface area contributed by atoms with Gasteiger partial charge in [0.25, 0.3) is 0 Å². The minimum Gasteiger partial charge on any atom is -0.325 e. The summed E-state index contributed by atoms with van der Waals surface area (Å²) < 4.78 is 27.4. The van der Waals surface area contributed by atoms with Gasteiger partial charge in [-0.3, -0.25) is 9.20 Å². The number of anilines is 1. The van der Waals surface area contributed by atoms with E-state index in [1.54, 1.807) is 12.1 Å². The van der Waals surface area contributed by atoms with Crippen LogP contribution in [0.2, 0.25) is 0 Å². The number of benzene rings is 2. The maximum absolute atomic E-state index is 12.4. The Morgan fingerprint density at radius 2 is 1.81 bits per heavy atom. The number of pyridine rings is 1. The molecule has 4 aromatic rings. The molecule has 10 heteroatoms. The summed E-state index contributed by atoms with van der Waals surface area (Å²) in [5.74, 6) is -0.0807. The van der Waals surface area contributed by atoms with Gasteiger partial charge < -0.3 is 5.32 Å². The van der Waals surface area contributed by atoms with E-state index in [9.17, 15) is 13.2 Å². The number of fused-ring (bicyclic) bond motifs is 3. The first-order valence-electron chi connectivity index (χ1n) is 9.46. The number of aromatic nitrogens is 3. The van der Waals surface area contributed by atoms with Gasteiger partial charge in [-0.1, -0.05) is 30.0 Å². The Kier molecular flexibility index (Phi) is 5.69. The molecule has 0 saturated carbocycles. The highest BCUT2D eigenvalue weighted by atomic mass is 32.2. The fourth-order valence-corrected chi connectivity index (χ4v) is 4.84. The highest BCUT2D eigenvalue weighted by Gasteiger charge is 2.17. The fourth-order valence-electron chi connectivity index (χ4n) is 3.20. The van der Waals surface area contributed by atoms with Crippen molar-refractivity contribution in [2.75, 3.05) is 25.2 Å². The second-order valence-corrected chi connectivity index (χ2v) is 10.3. The molecule has 1 amide bonds. The quantitative estimate of drug-likeness (QED) is 0.449. The third-order valence-electron chi connectivity index (χ3n) is 4.78. The van der Waals surface area contributed by atoms with Crippen molar-refractivity contribution >= 4 is 49.9 Å². The third-order valence-corrected chi connectivity index (χ3v) is 7.54. The normalized spacial score (nSPS) is 12.0. The Balaban J connectivity index is 1.49. The number of rotatable bonds is 6. The smallest absolute Gasteiger partial charge is 0.242 e. The van der Waals surface area contributed by atoms with Crippen molar-refractivity contribution in [1.82, 2.24) is 18.9 Å². The van der Waals surface area contributed by atoms with Gasteiger partial charge in [-0.25, -0.2) is 12.7 Å². The van der Waals surface area contributed by atoms with E-state index >= 15 is 0 Å². The number of para-hydroxylation sites is 1. The molecule has 0 radical (unpaired) electrons. The lowest BCUT2D eigenvalue weighted by Gasteiger charge is -2.12. The summed E-state index contributed by atoms with van der Waals surface area (Å²) in [6.07, 6.45) is 0. The molecule has 0 aliphatic rings. The van der Waals surface area contributed by atoms with Gasteiger partial charge in [0, 0.05) is 19.8 Å². The zero-order valence-electron chi connectivity index (χ0n) is 17.2. The first-order chi connectivity index (χ1) is 14.8. The lowest BCUT2D eigenvalue weighted by molar-refractivity contribution is -0.113. The van der Waals surface area contributed by atoms with Gasteiger partial charge in [-0.2, -0.15) is 0 Å². The lowest BCUT2D eigenvalue weighted by Crippen LogP contribution is -2.22. The predicted molar refractivity (Wildman–Crippen MR) is 122 cm³/mol. The van der Waals surface area contributed by atoms with Gasteiger partial charge in [0.2, 0.25) is 15.9 Å². The standard InChI is InChI=1S/C21H21N5O3S2/c1-14-12-15-6-4-5-7-18(15)26-20(14)23-24-21(26)30-13-19(27)22-16-8-10-17(11-9-16)31(28,29)25(2)3/h4-12H,13H2,1-3H3,(H,22,27). The Bertz CT molecular complexity index is 1380. The van der Waals surface area contributed by atoms with Crippen LogP contribution in [0.5, 0.6) is 0 Å². The van der Waals surface area contributed by atoms with E-state index in [1.165, 1.54) is 38.0 Å². The average Bonchev–Trinajstić information content (AvgIpc) is 3.18. The molecule has 0 aliphatic heterocycles. The van der Waals surface area contributed by atoms with Crippen LogP contribution in [0, 0.1) is 6.92 Å². The van der Waals surface area contributed by atoms with Gasteiger partial charge in [0.15, 0.2) is 10.8 Å². The molecule has 0 spiro atoms. The number of hydrogen-bond acceptors (Lipinski definition) is 6. The number of nitrogens with zero attached hydrogens (tertiary/aromatic N) is 4. The zero-order chi connectivity index (χ0) is 22.2. The number of sulfonamides is 1. The second kappa shape index (κ2) is 8.29. The molecule has 1 N–H and O–H groups in total. The summed E-state index contributed by atoms with van der Waals surface area (Å²) in [6, 6.07) is 16.1. The highest BCUT2D eigenvalue weighted by Crippen LogP contribution is 2.25. The average molecular weight is 456 g/mol. The van der Waals surface area contributed by atoms with Crippen LogP contribution in [-0.2, 0) is 14.8 Å². The first-order valence-corrected chi connectivity index (χ1v) is 11.9. The van der Waals surface area contributed by atoms with Crippen LogP contribution in [0.15, 0.2) is 64.6 Å². The number of hydrogen-bond donors (Lipinski definition) is 1. The lowest BCUT2D eigenvalue weighted by atomic mass is 10.1. The molecule has 8 nitrogen and oxygen atoms in total. The van der Waals surface area contributed by atoms with Crippen molar-refractivity contribution in [1.29, 1.82) is 0 Å². The number of aryl methyl sites for hydroxylation is 1. The number of amides is 1. The molecular formula is C21H21N5O3S2. The SMILES string of the molecule is Cc1cc2ccccc2n2c(SCC(=O)Nc3ccc(S(=O)(=O)N(C)C)cc3)nnc12. The summed E-state index contributed by atoms with van der Waals surface area (Å²) >= 11 is 1.29. The largest absolute Gasteiger partial charge is 0.325 e. The second-order valence-electron chi connectivity index (χ2n) is 7.18. The van der Waals surface area contributed by atoms with E-state index in [1.807, 2.05) is 35.6 Å². The molecule has 2 heterocycles. The van der Waals surface area contributed by atoms with Gasteiger partial charge in [-0.05, 0) is 54.3 Å². The van der Waals surface area contributed by atoms with Crippen molar-refractivity contribution < 1.29 is 13.2 Å². The van der Waals surface area contributed by atoms with E-state index in [4.69, 9.17) is 0 Å². The van der Waals surface area contributed by atoms with Crippen LogP contribution in [0.4, 0.5) is 5.69 Å². The summed E-state index contributed by atoms with van der Waals surface area (Å²) in [5.41, 5.74) is 3.28. The molecule has 0 atom stereocenters. The molecular weight excluding hydrogens is 434 g/mol. The zero-order valence-corrected chi connectivity index (χ0v) is 18.9. The van der Waals surface area contributed by atoms with Crippen LogP contribution < -0.4 is 5.32 Å². The van der Waals surface area contributed by atoms with Crippen molar-refractivity contribution in [2.45, 2.75) is 17.0 Å². The van der Waals surface area contributed by atoms with E-state index in [0.717, 1.165) is 26.4 Å². The monoisotopic (exact) mass is 455 g/mol. The maximum Gasteiger partial charge on any atom is 0.242 e. The molecule has 0 bridgehead atoms. The first kappa shape index (κ1) is 21.3. The van der Waals surface area contributed by atoms with Crippen molar-refractivity contribution in [2.24, 2.45) is 0 Å². The van der Waals surface area contributed by atoms with Gasteiger partial charge >= 0.3 is 0 Å². The minimum atomic E-state index is -3.51.